The first kappa shape index (κ1) is 27.9. The Labute approximate surface area is 226 Å². The molecule has 3 aromatic rings. The summed E-state index contributed by atoms with van der Waals surface area (Å²) in [6.07, 6.45) is -2.39. The lowest BCUT2D eigenvalue weighted by Gasteiger charge is -2.46. The first-order valence-electron chi connectivity index (χ1n) is 12.8. The number of rotatable bonds is 6. The van der Waals surface area contributed by atoms with Gasteiger partial charge in [0.1, 0.15) is 5.82 Å². The van der Waals surface area contributed by atoms with Gasteiger partial charge >= 0.3 is 11.9 Å². The number of hydrogen-bond acceptors (Lipinski definition) is 8. The summed E-state index contributed by atoms with van der Waals surface area (Å²) in [5.41, 5.74) is -1.46. The summed E-state index contributed by atoms with van der Waals surface area (Å²) >= 11 is 0. The highest BCUT2D eigenvalue weighted by Crippen LogP contribution is 2.57. The van der Waals surface area contributed by atoms with Crippen LogP contribution in [0.1, 0.15) is 58.4 Å². The van der Waals surface area contributed by atoms with Crippen LogP contribution in [0.5, 0.6) is 0 Å². The molecule has 5 rings (SSSR count). The van der Waals surface area contributed by atoms with Crippen LogP contribution >= 0.6 is 0 Å². The van der Waals surface area contributed by atoms with Crippen LogP contribution in [0.15, 0.2) is 23.1 Å². The van der Waals surface area contributed by atoms with E-state index in [0.717, 1.165) is 27.7 Å². The highest BCUT2D eigenvalue weighted by Gasteiger charge is 2.57. The predicted octanol–water partition coefficient (Wildman–Crippen LogP) is 4.16. The van der Waals surface area contributed by atoms with Crippen molar-refractivity contribution in [3.05, 3.63) is 46.0 Å². The zero-order valence-electron chi connectivity index (χ0n) is 22.6. The first-order chi connectivity index (χ1) is 18.5. The highest BCUT2D eigenvalue weighted by atomic mass is 19.4. The van der Waals surface area contributed by atoms with Crippen molar-refractivity contribution in [2.75, 3.05) is 10.6 Å². The van der Waals surface area contributed by atoms with Crippen LogP contribution in [0, 0.1) is 17.6 Å². The molecule has 15 heteroatoms. The zero-order chi connectivity index (χ0) is 29.2. The zero-order valence-corrected chi connectivity index (χ0v) is 22.6. The van der Waals surface area contributed by atoms with Gasteiger partial charge in [0.25, 0.3) is 0 Å². The van der Waals surface area contributed by atoms with Gasteiger partial charge in [-0.15, -0.1) is 0 Å². The van der Waals surface area contributed by atoms with E-state index in [1.807, 2.05) is 0 Å². The van der Waals surface area contributed by atoms with Crippen molar-refractivity contribution in [2.24, 2.45) is 13.0 Å². The number of benzene rings is 1. The second kappa shape index (κ2) is 9.49. The molecule has 40 heavy (non-hydrogen) atoms. The van der Waals surface area contributed by atoms with Crippen molar-refractivity contribution in [3.8, 4) is 5.69 Å². The van der Waals surface area contributed by atoms with Gasteiger partial charge in [-0.1, -0.05) is 0 Å². The van der Waals surface area contributed by atoms with Gasteiger partial charge in [-0.25, -0.2) is 18.6 Å². The lowest BCUT2D eigenvalue weighted by Crippen LogP contribution is -2.60. The Morgan fingerprint density at radius 1 is 1.05 bits per heavy atom. The molecule has 216 valence electrons. The van der Waals surface area contributed by atoms with Gasteiger partial charge in [-0.05, 0) is 81.0 Å². The van der Waals surface area contributed by atoms with Crippen LogP contribution < -0.4 is 21.6 Å². The Balaban J connectivity index is 1.46. The number of aryl methyl sites for hydroxylation is 1. The fraction of sp³-hybridized carbons (Fsp3) is 0.560. The predicted molar refractivity (Wildman–Crippen MR) is 137 cm³/mol. The van der Waals surface area contributed by atoms with Gasteiger partial charge in [-0.3, -0.25) is 0 Å². The Bertz CT molecular complexity index is 1480. The van der Waals surface area contributed by atoms with Crippen LogP contribution in [0.3, 0.4) is 0 Å². The Hall–Kier alpha value is -3.62. The molecule has 1 saturated heterocycles. The van der Waals surface area contributed by atoms with Crippen LogP contribution in [0.2, 0.25) is 0 Å². The van der Waals surface area contributed by atoms with Gasteiger partial charge in [0.05, 0.1) is 23.5 Å². The molecule has 10 nitrogen and oxygen atoms in total. The van der Waals surface area contributed by atoms with Crippen molar-refractivity contribution < 1.29 is 22.0 Å². The molecule has 2 atom stereocenters. The van der Waals surface area contributed by atoms with E-state index in [4.69, 9.17) is 0 Å². The Morgan fingerprint density at radius 3 is 2.30 bits per heavy atom. The maximum Gasteiger partial charge on any atom is 0.392 e. The molecule has 3 heterocycles. The standard InChI is InChI=1S/C25H30F5N9O/c1-23(2)9-12(10-24(3,4)35-23)32-20-17(27)11-31-21(34-20)33-18-8-19(39-22(40)38(5)36-37-39)14(7-16(18)26)13-6-15(13)25(28,29)30/h7-8,11-13,15,35H,6,9-10H2,1-5H3,(H2,31,32,33,34)/t13-,15+/m0/s1. The number of halogens is 5. The number of nitrogens with zero attached hydrogens (tertiary/aromatic N) is 6. The number of piperidine rings is 1. The lowest BCUT2D eigenvalue weighted by atomic mass is 9.79. The molecule has 0 radical (unpaired) electrons. The molecule has 3 N–H and O–H groups in total. The summed E-state index contributed by atoms with van der Waals surface area (Å²) in [4.78, 5) is 20.6. The van der Waals surface area contributed by atoms with E-state index in [0.29, 0.717) is 12.8 Å². The number of nitrogens with one attached hydrogen (secondary N) is 3. The molecule has 0 bridgehead atoms. The smallest absolute Gasteiger partial charge is 0.365 e. The van der Waals surface area contributed by atoms with Crippen LogP contribution in [-0.4, -0.2) is 53.1 Å². The van der Waals surface area contributed by atoms with E-state index >= 15 is 4.39 Å². The number of tetrazole rings is 1. The SMILES string of the molecule is Cn1nnn(-c2cc(Nc3ncc(F)c(NC4CC(C)(C)NC(C)(C)C4)n3)c(F)cc2[C@@H]2C[C@H]2C(F)(F)F)c1=O. The summed E-state index contributed by atoms with van der Waals surface area (Å²) in [7, 11) is 1.33. The minimum absolute atomic E-state index is 0.0218. The molecule has 1 aromatic carbocycles. The molecular formula is C25H30F5N9O. The van der Waals surface area contributed by atoms with Gasteiger partial charge in [-0.2, -0.15) is 27.5 Å². The van der Waals surface area contributed by atoms with Crippen LogP contribution in [0.25, 0.3) is 5.69 Å². The van der Waals surface area contributed by atoms with E-state index in [9.17, 15) is 22.4 Å². The van der Waals surface area contributed by atoms with Crippen LogP contribution in [-0.2, 0) is 7.05 Å². The highest BCUT2D eigenvalue weighted by molar-refractivity contribution is 5.63. The third-order valence-electron chi connectivity index (χ3n) is 7.20. The normalized spacial score (nSPS) is 22.2. The van der Waals surface area contributed by atoms with Crippen LogP contribution in [0.4, 0.5) is 39.4 Å². The Kier molecular flexibility index (Phi) is 6.63. The maximum atomic E-state index is 15.2. The molecule has 0 unspecified atom stereocenters. The quantitative estimate of drug-likeness (QED) is 0.381. The first-order valence-corrected chi connectivity index (χ1v) is 12.8. The number of hydrogen-bond donors (Lipinski definition) is 3. The van der Waals surface area contributed by atoms with Crippen molar-refractivity contribution >= 4 is 17.5 Å². The largest absolute Gasteiger partial charge is 0.392 e. The number of aromatic nitrogens is 6. The average Bonchev–Trinajstić information content (AvgIpc) is 3.56. The van der Waals surface area contributed by atoms with Crippen molar-refractivity contribution in [1.82, 2.24) is 35.1 Å². The van der Waals surface area contributed by atoms with Crippen molar-refractivity contribution in [2.45, 2.75) is 76.2 Å². The van der Waals surface area contributed by atoms with E-state index in [1.165, 1.54) is 7.05 Å². The maximum absolute atomic E-state index is 15.2. The summed E-state index contributed by atoms with van der Waals surface area (Å²) in [6.45, 7) is 8.21. The fourth-order valence-corrected chi connectivity index (χ4v) is 5.79. The molecule has 2 fully saturated rings. The van der Waals surface area contributed by atoms with Gasteiger partial charge < -0.3 is 16.0 Å². The van der Waals surface area contributed by atoms with E-state index in [-0.39, 0.29) is 52.2 Å². The summed E-state index contributed by atoms with van der Waals surface area (Å²) in [5, 5.41) is 16.7. The fourth-order valence-electron chi connectivity index (χ4n) is 5.79. The molecule has 2 aliphatic rings. The average molecular weight is 568 g/mol. The van der Waals surface area contributed by atoms with Gasteiger partial charge in [0.2, 0.25) is 5.95 Å². The van der Waals surface area contributed by atoms with Crippen molar-refractivity contribution in [3.63, 3.8) is 0 Å². The van der Waals surface area contributed by atoms with Gasteiger partial charge in [0, 0.05) is 24.2 Å². The minimum Gasteiger partial charge on any atom is -0.365 e. The molecular weight excluding hydrogens is 537 g/mol. The molecule has 1 saturated carbocycles. The summed E-state index contributed by atoms with van der Waals surface area (Å²) < 4.78 is 71.6. The molecule has 0 spiro atoms. The minimum atomic E-state index is -4.47. The lowest BCUT2D eigenvalue weighted by molar-refractivity contribution is -0.148. The van der Waals surface area contributed by atoms with Gasteiger partial charge in [0.15, 0.2) is 11.6 Å². The second-order valence-electron chi connectivity index (χ2n) is 11.8. The summed E-state index contributed by atoms with van der Waals surface area (Å²) in [5.74, 6) is -4.52. The second-order valence-corrected chi connectivity index (χ2v) is 11.8. The Morgan fingerprint density at radius 2 is 1.73 bits per heavy atom. The molecule has 2 aromatic heterocycles. The molecule has 1 aliphatic carbocycles. The third-order valence-corrected chi connectivity index (χ3v) is 7.20. The summed E-state index contributed by atoms with van der Waals surface area (Å²) in [6, 6.07) is 1.98. The third kappa shape index (κ3) is 5.64. The van der Waals surface area contributed by atoms with Crippen molar-refractivity contribution in [1.29, 1.82) is 0 Å². The van der Waals surface area contributed by atoms with E-state index in [1.54, 1.807) is 0 Å². The topological polar surface area (TPSA) is 115 Å². The molecule has 1 aliphatic heterocycles. The number of alkyl halides is 3. The van der Waals surface area contributed by atoms with E-state index in [2.05, 4.69) is 64.0 Å². The molecule has 0 amide bonds. The number of anilines is 3. The monoisotopic (exact) mass is 567 g/mol. The van der Waals surface area contributed by atoms with E-state index < -0.39 is 35.3 Å².